The zero-order valence-corrected chi connectivity index (χ0v) is 6.70. The fourth-order valence-electron chi connectivity index (χ4n) is 0.993. The molecule has 3 heteroatoms. The summed E-state index contributed by atoms with van der Waals surface area (Å²) >= 11 is 0. The van der Waals surface area contributed by atoms with Crippen LogP contribution in [0.4, 0.5) is 4.39 Å². The zero-order chi connectivity index (χ0) is 8.97. The van der Waals surface area contributed by atoms with Gasteiger partial charge < -0.3 is 5.73 Å². The summed E-state index contributed by atoms with van der Waals surface area (Å²) in [4.78, 5) is 3.63. The van der Waals surface area contributed by atoms with Gasteiger partial charge in [-0.15, -0.1) is 6.58 Å². The molecule has 0 radical (unpaired) electrons. The number of nitrogens with zero attached hydrogens (tertiary/aromatic N) is 1. The predicted molar refractivity (Wildman–Crippen MR) is 45.9 cm³/mol. The van der Waals surface area contributed by atoms with Crippen LogP contribution < -0.4 is 5.73 Å². The van der Waals surface area contributed by atoms with Gasteiger partial charge in [0.05, 0.1) is 6.20 Å². The maximum Gasteiger partial charge on any atom is 0.146 e. The first-order valence-electron chi connectivity index (χ1n) is 3.71. The van der Waals surface area contributed by atoms with Crippen LogP contribution in [0.3, 0.4) is 0 Å². The molecule has 12 heavy (non-hydrogen) atoms. The first-order valence-corrected chi connectivity index (χ1v) is 3.71. The third-order valence-electron chi connectivity index (χ3n) is 1.62. The van der Waals surface area contributed by atoms with E-state index < -0.39 is 0 Å². The van der Waals surface area contributed by atoms with Crippen LogP contribution in [-0.2, 0) is 0 Å². The minimum Gasteiger partial charge on any atom is -0.324 e. The summed E-state index contributed by atoms with van der Waals surface area (Å²) in [5, 5.41) is 0. The number of nitrogens with two attached hydrogens (primary N) is 1. The molecule has 1 atom stereocenters. The summed E-state index contributed by atoms with van der Waals surface area (Å²) in [5.41, 5.74) is 6.16. The van der Waals surface area contributed by atoms with Crippen molar-refractivity contribution in [3.8, 4) is 0 Å². The topological polar surface area (TPSA) is 38.9 Å². The Morgan fingerprint density at radius 1 is 1.75 bits per heavy atom. The Balaban J connectivity index is 2.86. The van der Waals surface area contributed by atoms with E-state index in [-0.39, 0.29) is 11.9 Å². The summed E-state index contributed by atoms with van der Waals surface area (Å²) in [6, 6.07) is 1.27. The van der Waals surface area contributed by atoms with Gasteiger partial charge in [-0.05, 0) is 12.5 Å². The molecule has 1 aromatic rings. The molecule has 0 aliphatic heterocycles. The van der Waals surface area contributed by atoms with Gasteiger partial charge in [0.2, 0.25) is 0 Å². The number of hydrogen-bond acceptors (Lipinski definition) is 2. The summed E-state index contributed by atoms with van der Waals surface area (Å²) in [5.74, 6) is -0.355. The number of rotatable bonds is 3. The van der Waals surface area contributed by atoms with Crippen LogP contribution in [0.5, 0.6) is 0 Å². The first-order chi connectivity index (χ1) is 5.75. The molecule has 0 aromatic carbocycles. The van der Waals surface area contributed by atoms with E-state index in [1.54, 1.807) is 12.1 Å². The van der Waals surface area contributed by atoms with Crippen LogP contribution in [0.2, 0.25) is 0 Å². The van der Waals surface area contributed by atoms with Gasteiger partial charge in [0.1, 0.15) is 5.82 Å². The number of pyridine rings is 1. The lowest BCUT2D eigenvalue weighted by Gasteiger charge is -2.08. The van der Waals surface area contributed by atoms with E-state index in [0.29, 0.717) is 12.0 Å². The van der Waals surface area contributed by atoms with E-state index in [9.17, 15) is 4.39 Å². The number of hydrogen-bond donors (Lipinski definition) is 1. The van der Waals surface area contributed by atoms with Crippen molar-refractivity contribution < 1.29 is 4.39 Å². The van der Waals surface area contributed by atoms with Crippen molar-refractivity contribution in [3.05, 3.63) is 42.5 Å². The van der Waals surface area contributed by atoms with Crippen molar-refractivity contribution in [2.24, 2.45) is 5.73 Å². The molecular formula is C9H11FN2. The van der Waals surface area contributed by atoms with E-state index >= 15 is 0 Å². The lowest BCUT2D eigenvalue weighted by atomic mass is 10.1. The Morgan fingerprint density at radius 3 is 3.08 bits per heavy atom. The predicted octanol–water partition coefficient (Wildman–Crippen LogP) is 1.80. The highest BCUT2D eigenvalue weighted by atomic mass is 19.1. The van der Waals surface area contributed by atoms with Crippen LogP contribution >= 0.6 is 0 Å². The zero-order valence-electron chi connectivity index (χ0n) is 6.70. The Kier molecular flexibility index (Phi) is 2.94. The van der Waals surface area contributed by atoms with Crippen LogP contribution in [0.15, 0.2) is 31.1 Å². The van der Waals surface area contributed by atoms with Gasteiger partial charge in [0.15, 0.2) is 0 Å². The summed E-state index contributed by atoms with van der Waals surface area (Å²) in [6.07, 6.45) is 4.94. The van der Waals surface area contributed by atoms with E-state index in [4.69, 9.17) is 5.73 Å². The summed E-state index contributed by atoms with van der Waals surface area (Å²) < 4.78 is 13.0. The van der Waals surface area contributed by atoms with Gasteiger partial charge >= 0.3 is 0 Å². The molecule has 0 unspecified atom stereocenters. The minimum atomic E-state index is -0.355. The molecule has 0 saturated heterocycles. The van der Waals surface area contributed by atoms with Gasteiger partial charge in [0, 0.05) is 17.8 Å². The van der Waals surface area contributed by atoms with Gasteiger partial charge in [-0.2, -0.15) is 0 Å². The second-order valence-corrected chi connectivity index (χ2v) is 2.53. The molecule has 0 aliphatic carbocycles. The Bertz CT molecular complexity index is 273. The summed E-state index contributed by atoms with van der Waals surface area (Å²) in [7, 11) is 0. The smallest absolute Gasteiger partial charge is 0.146 e. The van der Waals surface area contributed by atoms with E-state index in [1.165, 1.54) is 6.20 Å². The van der Waals surface area contributed by atoms with Crippen molar-refractivity contribution >= 4 is 0 Å². The Labute approximate surface area is 70.9 Å². The van der Waals surface area contributed by atoms with Crippen LogP contribution in [-0.4, -0.2) is 4.98 Å². The molecule has 0 fully saturated rings. The number of aromatic nitrogens is 1. The van der Waals surface area contributed by atoms with Crippen LogP contribution in [0.1, 0.15) is 18.0 Å². The molecule has 0 aliphatic rings. The third kappa shape index (κ3) is 1.89. The second-order valence-electron chi connectivity index (χ2n) is 2.53. The molecule has 0 amide bonds. The van der Waals surface area contributed by atoms with Gasteiger partial charge in [-0.3, -0.25) is 4.98 Å². The maximum atomic E-state index is 13.0. The highest BCUT2D eigenvalue weighted by molar-refractivity contribution is 5.17. The second kappa shape index (κ2) is 3.97. The van der Waals surface area contributed by atoms with Crippen molar-refractivity contribution in [3.63, 3.8) is 0 Å². The molecule has 1 aromatic heterocycles. The van der Waals surface area contributed by atoms with Crippen molar-refractivity contribution in [2.45, 2.75) is 12.5 Å². The van der Waals surface area contributed by atoms with Crippen molar-refractivity contribution in [2.75, 3.05) is 0 Å². The van der Waals surface area contributed by atoms with Crippen LogP contribution in [0.25, 0.3) is 0 Å². The average Bonchev–Trinajstić information content (AvgIpc) is 2.05. The van der Waals surface area contributed by atoms with Crippen molar-refractivity contribution in [1.29, 1.82) is 0 Å². The minimum absolute atomic E-state index is 0.314. The lowest BCUT2D eigenvalue weighted by Crippen LogP contribution is -2.11. The first kappa shape index (κ1) is 8.87. The summed E-state index contributed by atoms with van der Waals surface area (Å²) in [6.45, 7) is 3.54. The third-order valence-corrected chi connectivity index (χ3v) is 1.62. The molecular weight excluding hydrogens is 155 g/mol. The Hall–Kier alpha value is -1.22. The van der Waals surface area contributed by atoms with E-state index in [2.05, 4.69) is 11.6 Å². The normalized spacial score (nSPS) is 12.5. The monoisotopic (exact) mass is 166 g/mol. The van der Waals surface area contributed by atoms with Gasteiger partial charge in [-0.1, -0.05) is 6.08 Å². The average molecular weight is 166 g/mol. The fraction of sp³-hybridized carbons (Fsp3) is 0.222. The maximum absolute atomic E-state index is 13.0. The molecule has 0 spiro atoms. The quantitative estimate of drug-likeness (QED) is 0.695. The van der Waals surface area contributed by atoms with Crippen LogP contribution in [0, 0.1) is 5.82 Å². The van der Waals surface area contributed by atoms with Crippen molar-refractivity contribution in [1.82, 2.24) is 4.98 Å². The van der Waals surface area contributed by atoms with Gasteiger partial charge in [0.25, 0.3) is 0 Å². The van der Waals surface area contributed by atoms with E-state index in [1.807, 2.05) is 0 Å². The highest BCUT2D eigenvalue weighted by Crippen LogP contribution is 2.16. The molecule has 0 saturated carbocycles. The van der Waals surface area contributed by atoms with E-state index in [0.717, 1.165) is 6.20 Å². The van der Waals surface area contributed by atoms with Gasteiger partial charge in [-0.25, -0.2) is 4.39 Å². The molecule has 0 bridgehead atoms. The standard InChI is InChI=1S/C9H11FN2/c1-2-3-9(11)7-4-5-12-6-8(7)10/h2,4-6,9H,1,3,11H2/t9-/m1/s1. The molecule has 1 heterocycles. The molecule has 2 nitrogen and oxygen atoms in total. The lowest BCUT2D eigenvalue weighted by molar-refractivity contribution is 0.577. The molecule has 1 rings (SSSR count). The SMILES string of the molecule is C=CC[C@@H](N)c1ccncc1F. The largest absolute Gasteiger partial charge is 0.324 e. The highest BCUT2D eigenvalue weighted by Gasteiger charge is 2.08. The molecule has 64 valence electrons. The fourth-order valence-corrected chi connectivity index (χ4v) is 0.993. The number of halogens is 1. The Morgan fingerprint density at radius 2 is 2.50 bits per heavy atom. The molecule has 2 N–H and O–H groups in total.